The van der Waals surface area contributed by atoms with E-state index in [1.54, 1.807) is 0 Å². The van der Waals surface area contributed by atoms with Gasteiger partial charge in [-0.1, -0.05) is 213 Å². The van der Waals surface area contributed by atoms with Crippen molar-refractivity contribution in [3.63, 3.8) is 0 Å². The number of nitrogens with zero attached hydrogens (tertiary/aromatic N) is 1. The van der Waals surface area contributed by atoms with Gasteiger partial charge in [0.05, 0.1) is 27.7 Å². The van der Waals surface area contributed by atoms with Gasteiger partial charge in [0.1, 0.15) is 19.8 Å². The van der Waals surface area contributed by atoms with E-state index in [9.17, 15) is 19.0 Å². The number of rotatable bonds is 45. The van der Waals surface area contributed by atoms with Gasteiger partial charge in [0.2, 0.25) is 0 Å². The van der Waals surface area contributed by atoms with Crippen molar-refractivity contribution in [2.45, 2.75) is 245 Å². The lowest BCUT2D eigenvalue weighted by atomic mass is 10.0. The predicted octanol–water partition coefficient (Wildman–Crippen LogP) is 14.0. The molecule has 0 amide bonds. The summed E-state index contributed by atoms with van der Waals surface area (Å²) in [7, 11) is 1.50. The van der Waals surface area contributed by atoms with Gasteiger partial charge >= 0.3 is 19.8 Å². The Morgan fingerprint density at radius 1 is 0.474 bits per heavy atom. The highest BCUT2D eigenvalue weighted by atomic mass is 31.2. The second kappa shape index (κ2) is 40.4. The Morgan fingerprint density at radius 3 is 1.12 bits per heavy atom. The fourth-order valence-corrected chi connectivity index (χ4v) is 7.82. The lowest BCUT2D eigenvalue weighted by Crippen LogP contribution is -2.37. The van der Waals surface area contributed by atoms with Crippen molar-refractivity contribution in [2.24, 2.45) is 0 Å². The number of likely N-dealkylation sites (N-methyl/N-ethyl adjacent to an activating group) is 1. The average Bonchev–Trinajstić information content (AvgIpc) is 3.16. The molecule has 0 radical (unpaired) electrons. The lowest BCUT2D eigenvalue weighted by Gasteiger charge is -2.24. The van der Waals surface area contributed by atoms with Crippen LogP contribution in [0.3, 0.4) is 0 Å². The van der Waals surface area contributed by atoms with E-state index >= 15 is 0 Å². The minimum atomic E-state index is -4.37. The summed E-state index contributed by atoms with van der Waals surface area (Å²) in [4.78, 5) is 35.4. The first-order valence-electron chi connectivity index (χ1n) is 24.3. The molecule has 1 N–H and O–H groups in total. The van der Waals surface area contributed by atoms with E-state index < -0.39 is 26.5 Å². The number of carbonyl (C=O) groups excluding carboxylic acids is 2. The zero-order valence-electron chi connectivity index (χ0n) is 38.4. The van der Waals surface area contributed by atoms with Crippen molar-refractivity contribution in [1.29, 1.82) is 0 Å². The van der Waals surface area contributed by atoms with E-state index in [4.69, 9.17) is 18.5 Å². The number of hydrogen-bond acceptors (Lipinski definition) is 7. The third kappa shape index (κ3) is 44.4. The predicted molar refractivity (Wildman–Crippen MR) is 238 cm³/mol. The first-order chi connectivity index (χ1) is 27.5. The molecule has 0 aromatic rings. The van der Waals surface area contributed by atoms with E-state index in [0.29, 0.717) is 17.4 Å². The molecule has 0 spiro atoms. The number of hydrogen-bond donors (Lipinski definition) is 1. The topological polar surface area (TPSA) is 108 Å². The Morgan fingerprint density at radius 2 is 0.789 bits per heavy atom. The zero-order chi connectivity index (χ0) is 42.1. The summed E-state index contributed by atoms with van der Waals surface area (Å²) < 4.78 is 34.4. The van der Waals surface area contributed by atoms with Crippen LogP contribution in [0.1, 0.15) is 239 Å². The molecule has 10 heteroatoms. The number of phosphoric acid groups is 1. The Hall–Kier alpha value is -0.990. The van der Waals surface area contributed by atoms with Gasteiger partial charge in [-0.05, 0) is 12.8 Å². The monoisotopic (exact) mass is 833 g/mol. The fraction of sp³-hybridized carbons (Fsp3) is 0.957. The minimum Gasteiger partial charge on any atom is -0.462 e. The van der Waals surface area contributed by atoms with Crippen LogP contribution < -0.4 is 0 Å². The molecule has 0 aliphatic carbocycles. The van der Waals surface area contributed by atoms with Crippen LogP contribution in [0.4, 0.5) is 0 Å². The van der Waals surface area contributed by atoms with Crippen LogP contribution in [-0.2, 0) is 32.7 Å². The molecule has 57 heavy (non-hydrogen) atoms. The highest BCUT2D eigenvalue weighted by molar-refractivity contribution is 7.47. The highest BCUT2D eigenvalue weighted by Crippen LogP contribution is 2.43. The minimum absolute atomic E-state index is 0.0370. The summed E-state index contributed by atoms with van der Waals surface area (Å²) in [5, 5.41) is 0. The normalized spacial score (nSPS) is 13.4. The van der Waals surface area contributed by atoms with Crippen molar-refractivity contribution >= 4 is 19.8 Å². The van der Waals surface area contributed by atoms with Crippen LogP contribution in [0.2, 0.25) is 0 Å². The lowest BCUT2D eigenvalue weighted by molar-refractivity contribution is -0.870. The molecule has 0 aliphatic rings. The molecule has 0 rings (SSSR count). The molecular formula is C47H95NO8P+. The molecule has 2 atom stereocenters. The van der Waals surface area contributed by atoms with Gasteiger partial charge in [-0.25, -0.2) is 4.57 Å². The molecule has 9 nitrogen and oxygen atoms in total. The summed E-state index contributed by atoms with van der Waals surface area (Å²) in [5.41, 5.74) is 0. The van der Waals surface area contributed by atoms with Crippen LogP contribution in [0.15, 0.2) is 0 Å². The molecule has 1 unspecified atom stereocenters. The van der Waals surface area contributed by atoms with Crippen molar-refractivity contribution < 1.29 is 42.1 Å². The summed E-state index contributed by atoms with van der Waals surface area (Å²) in [5.74, 6) is -0.780. The van der Waals surface area contributed by atoms with Crippen molar-refractivity contribution in [2.75, 3.05) is 47.5 Å². The SMILES string of the molecule is CCCCCCCCCCCCCCCCCCCCC(=O)O[C@H](COC(=O)CCCCCCCCCCCCCCCCC)COP(=O)(O)OCC[N+](C)(C)C. The molecule has 0 aromatic heterocycles. The molecule has 0 aliphatic heterocycles. The number of esters is 2. The molecule has 0 aromatic carbocycles. The average molecular weight is 833 g/mol. The van der Waals surface area contributed by atoms with Crippen LogP contribution in [-0.4, -0.2) is 74.9 Å². The molecule has 0 heterocycles. The maximum Gasteiger partial charge on any atom is 0.472 e. The first-order valence-corrected chi connectivity index (χ1v) is 25.8. The van der Waals surface area contributed by atoms with Crippen LogP contribution >= 0.6 is 7.82 Å². The Balaban J connectivity index is 4.24. The second-order valence-electron chi connectivity index (χ2n) is 17.9. The number of ether oxygens (including phenoxy) is 2. The maximum atomic E-state index is 12.7. The van der Waals surface area contributed by atoms with Crippen LogP contribution in [0, 0.1) is 0 Å². The third-order valence-corrected chi connectivity index (χ3v) is 11.9. The Labute approximate surface area is 353 Å². The smallest absolute Gasteiger partial charge is 0.462 e. The van der Waals surface area contributed by atoms with Gasteiger partial charge in [0, 0.05) is 12.8 Å². The van der Waals surface area contributed by atoms with Gasteiger partial charge in [0.25, 0.3) is 0 Å². The molecule has 0 bridgehead atoms. The number of unbranched alkanes of at least 4 members (excludes halogenated alkanes) is 31. The Bertz CT molecular complexity index is 943. The van der Waals surface area contributed by atoms with Crippen LogP contribution in [0.25, 0.3) is 0 Å². The number of phosphoric ester groups is 1. The van der Waals surface area contributed by atoms with Crippen molar-refractivity contribution in [1.82, 2.24) is 0 Å². The number of quaternary nitrogens is 1. The van der Waals surface area contributed by atoms with E-state index in [1.165, 1.54) is 173 Å². The van der Waals surface area contributed by atoms with Crippen LogP contribution in [0.5, 0.6) is 0 Å². The molecule has 0 fully saturated rings. The summed E-state index contributed by atoms with van der Waals surface area (Å²) >= 11 is 0. The second-order valence-corrected chi connectivity index (χ2v) is 19.3. The zero-order valence-corrected chi connectivity index (χ0v) is 39.2. The van der Waals surface area contributed by atoms with Gasteiger partial charge in [-0.2, -0.15) is 0 Å². The molecule has 340 valence electrons. The molecular weight excluding hydrogens is 737 g/mol. The van der Waals surface area contributed by atoms with Gasteiger partial charge < -0.3 is 18.9 Å². The largest absolute Gasteiger partial charge is 0.472 e. The van der Waals surface area contributed by atoms with Crippen molar-refractivity contribution in [3.05, 3.63) is 0 Å². The van der Waals surface area contributed by atoms with E-state index in [0.717, 1.165) is 38.5 Å². The summed E-state index contributed by atoms with van der Waals surface area (Å²) in [6, 6.07) is 0. The highest BCUT2D eigenvalue weighted by Gasteiger charge is 2.27. The summed E-state index contributed by atoms with van der Waals surface area (Å²) in [6.45, 7) is 4.48. The van der Waals surface area contributed by atoms with E-state index in [-0.39, 0.29) is 25.6 Å². The maximum absolute atomic E-state index is 12.7. The molecule has 0 saturated heterocycles. The number of carbonyl (C=O) groups is 2. The van der Waals surface area contributed by atoms with Crippen molar-refractivity contribution in [3.8, 4) is 0 Å². The first kappa shape index (κ1) is 56.0. The van der Waals surface area contributed by atoms with E-state index in [1.807, 2.05) is 21.1 Å². The standard InChI is InChI=1S/C47H94NO8P/c1-6-8-10-12-14-16-18-20-22-23-24-26-28-30-32-34-36-38-40-47(50)56-45(44-55-57(51,52)54-42-41-48(3,4)5)43-53-46(49)39-37-35-33-31-29-27-25-21-19-17-15-13-11-9-7-2/h45H,6-44H2,1-5H3/p+1/t45-/m1/s1. The van der Waals surface area contributed by atoms with Gasteiger partial charge in [-0.15, -0.1) is 0 Å². The quantitative estimate of drug-likeness (QED) is 0.0280. The fourth-order valence-electron chi connectivity index (χ4n) is 7.08. The third-order valence-electron chi connectivity index (χ3n) is 10.9. The van der Waals surface area contributed by atoms with Gasteiger partial charge in [-0.3, -0.25) is 18.6 Å². The Kier molecular flexibility index (Phi) is 39.7. The summed E-state index contributed by atoms with van der Waals surface area (Å²) in [6.07, 6.45) is 41.4. The van der Waals surface area contributed by atoms with Gasteiger partial charge in [0.15, 0.2) is 6.10 Å². The molecule has 0 saturated carbocycles. The van der Waals surface area contributed by atoms with E-state index in [2.05, 4.69) is 13.8 Å².